The molecule has 0 radical (unpaired) electrons. The number of piperazine rings is 1. The van der Waals surface area contributed by atoms with Crippen LogP contribution in [0.5, 0.6) is 0 Å². The topological polar surface area (TPSA) is 54.3 Å². The molecule has 0 aliphatic carbocycles. The van der Waals surface area contributed by atoms with Crippen LogP contribution in [0.2, 0.25) is 0 Å². The highest BCUT2D eigenvalue weighted by atomic mass is 16.2. The Morgan fingerprint density at radius 1 is 1.04 bits per heavy atom. The van der Waals surface area contributed by atoms with Crippen molar-refractivity contribution in [3.05, 3.63) is 77.7 Å². The molecule has 0 saturated carbocycles. The first-order valence-electron chi connectivity index (χ1n) is 9.23. The standard InChI is InChI=1S/C21H23N5O/c1-17-5-3-8-22-20(17)24-11-13-25(14-12-24)21(27)19-7-2-6-18(15-19)16-26-10-4-9-23-26/h2-10,15H,11-14,16H2,1H3. The molecule has 0 bridgehead atoms. The van der Waals surface area contributed by atoms with E-state index in [0.717, 1.165) is 30.0 Å². The normalized spacial score (nSPS) is 14.4. The lowest BCUT2D eigenvalue weighted by Gasteiger charge is -2.36. The van der Waals surface area contributed by atoms with Crippen molar-refractivity contribution >= 4 is 11.7 Å². The van der Waals surface area contributed by atoms with E-state index in [1.165, 1.54) is 5.56 Å². The zero-order chi connectivity index (χ0) is 18.6. The lowest BCUT2D eigenvalue weighted by Crippen LogP contribution is -2.49. The molecule has 1 aromatic carbocycles. The third-order valence-electron chi connectivity index (χ3n) is 4.93. The number of hydrogen-bond donors (Lipinski definition) is 0. The van der Waals surface area contributed by atoms with Crippen molar-refractivity contribution in [3.63, 3.8) is 0 Å². The van der Waals surface area contributed by atoms with Gasteiger partial charge in [0.05, 0.1) is 6.54 Å². The van der Waals surface area contributed by atoms with Gasteiger partial charge >= 0.3 is 0 Å². The maximum atomic E-state index is 12.9. The van der Waals surface area contributed by atoms with Crippen molar-refractivity contribution < 1.29 is 4.79 Å². The van der Waals surface area contributed by atoms with Gasteiger partial charge in [0.25, 0.3) is 5.91 Å². The monoisotopic (exact) mass is 361 g/mol. The number of aryl methyl sites for hydroxylation is 1. The summed E-state index contributed by atoms with van der Waals surface area (Å²) >= 11 is 0. The first-order chi connectivity index (χ1) is 13.2. The van der Waals surface area contributed by atoms with E-state index < -0.39 is 0 Å². The molecule has 6 nitrogen and oxygen atoms in total. The number of hydrogen-bond acceptors (Lipinski definition) is 4. The largest absolute Gasteiger partial charge is 0.353 e. The number of carbonyl (C=O) groups is 1. The van der Waals surface area contributed by atoms with Gasteiger partial charge in [-0.1, -0.05) is 18.2 Å². The Kier molecular flexibility index (Phi) is 4.87. The summed E-state index contributed by atoms with van der Waals surface area (Å²) in [4.78, 5) is 21.6. The van der Waals surface area contributed by atoms with E-state index >= 15 is 0 Å². The van der Waals surface area contributed by atoms with Crippen molar-refractivity contribution in [2.45, 2.75) is 13.5 Å². The molecule has 3 heterocycles. The smallest absolute Gasteiger partial charge is 0.253 e. The van der Waals surface area contributed by atoms with E-state index in [2.05, 4.69) is 28.0 Å². The van der Waals surface area contributed by atoms with Crippen molar-refractivity contribution in [2.75, 3.05) is 31.1 Å². The Hall–Kier alpha value is -3.15. The summed E-state index contributed by atoms with van der Waals surface area (Å²) in [6.45, 7) is 5.76. The van der Waals surface area contributed by atoms with Crippen molar-refractivity contribution in [1.29, 1.82) is 0 Å². The highest BCUT2D eigenvalue weighted by molar-refractivity contribution is 5.94. The second kappa shape index (κ2) is 7.61. The molecule has 0 atom stereocenters. The van der Waals surface area contributed by atoms with Gasteiger partial charge < -0.3 is 9.80 Å². The van der Waals surface area contributed by atoms with Crippen LogP contribution < -0.4 is 4.90 Å². The molecule has 0 unspecified atom stereocenters. The van der Waals surface area contributed by atoms with Crippen molar-refractivity contribution in [3.8, 4) is 0 Å². The van der Waals surface area contributed by atoms with Crippen LogP contribution in [0, 0.1) is 6.92 Å². The third-order valence-corrected chi connectivity index (χ3v) is 4.93. The Balaban J connectivity index is 1.41. The van der Waals surface area contributed by atoms with E-state index in [4.69, 9.17) is 0 Å². The molecule has 0 spiro atoms. The van der Waals surface area contributed by atoms with Gasteiger partial charge in [-0.3, -0.25) is 9.48 Å². The van der Waals surface area contributed by atoms with Gasteiger partial charge in [-0.15, -0.1) is 0 Å². The van der Waals surface area contributed by atoms with Crippen molar-refractivity contribution in [2.24, 2.45) is 0 Å². The highest BCUT2D eigenvalue weighted by Gasteiger charge is 2.23. The van der Waals surface area contributed by atoms with E-state index in [0.29, 0.717) is 19.6 Å². The van der Waals surface area contributed by atoms with Gasteiger partial charge in [0.2, 0.25) is 0 Å². The average Bonchev–Trinajstić information content (AvgIpc) is 3.21. The molecule has 1 aliphatic rings. The number of carbonyl (C=O) groups excluding carboxylic acids is 1. The summed E-state index contributed by atoms with van der Waals surface area (Å²) in [6, 6.07) is 13.8. The number of pyridine rings is 1. The molecule has 138 valence electrons. The van der Waals surface area contributed by atoms with E-state index in [9.17, 15) is 4.79 Å². The molecule has 1 fully saturated rings. The number of rotatable bonds is 4. The van der Waals surface area contributed by atoms with Gasteiger partial charge in [0.15, 0.2) is 0 Å². The summed E-state index contributed by atoms with van der Waals surface area (Å²) in [5, 5.41) is 4.23. The minimum absolute atomic E-state index is 0.0923. The fourth-order valence-corrected chi connectivity index (χ4v) is 3.50. The van der Waals surface area contributed by atoms with Gasteiger partial charge in [-0.2, -0.15) is 5.10 Å². The van der Waals surface area contributed by atoms with Crippen LogP contribution in [0.1, 0.15) is 21.5 Å². The predicted octanol–water partition coefficient (Wildman–Crippen LogP) is 2.60. The minimum Gasteiger partial charge on any atom is -0.353 e. The Bertz CT molecular complexity index is 914. The summed E-state index contributed by atoms with van der Waals surface area (Å²) < 4.78 is 1.86. The second-order valence-corrected chi connectivity index (χ2v) is 6.83. The van der Waals surface area contributed by atoms with Crippen LogP contribution >= 0.6 is 0 Å². The maximum Gasteiger partial charge on any atom is 0.253 e. The maximum absolute atomic E-state index is 12.9. The van der Waals surface area contributed by atoms with E-state index in [-0.39, 0.29) is 5.91 Å². The van der Waals surface area contributed by atoms with E-state index in [1.807, 2.05) is 58.4 Å². The van der Waals surface area contributed by atoms with E-state index in [1.54, 1.807) is 6.20 Å². The molecule has 1 saturated heterocycles. The summed E-state index contributed by atoms with van der Waals surface area (Å²) in [6.07, 6.45) is 5.51. The van der Waals surface area contributed by atoms with Crippen LogP contribution in [-0.4, -0.2) is 51.8 Å². The van der Waals surface area contributed by atoms with Crippen LogP contribution in [-0.2, 0) is 6.54 Å². The molecule has 4 rings (SSSR count). The van der Waals surface area contributed by atoms with Gasteiger partial charge in [0.1, 0.15) is 5.82 Å². The molecule has 6 heteroatoms. The molecule has 27 heavy (non-hydrogen) atoms. The number of nitrogens with zero attached hydrogens (tertiary/aromatic N) is 5. The number of benzene rings is 1. The lowest BCUT2D eigenvalue weighted by atomic mass is 10.1. The molecule has 3 aromatic rings. The Morgan fingerprint density at radius 3 is 2.63 bits per heavy atom. The molecule has 2 aromatic heterocycles. The number of amides is 1. The van der Waals surface area contributed by atoms with Crippen LogP contribution in [0.25, 0.3) is 0 Å². The van der Waals surface area contributed by atoms with Gasteiger partial charge in [0, 0.05) is 50.3 Å². The SMILES string of the molecule is Cc1cccnc1N1CCN(C(=O)c2cccc(Cn3cccn3)c2)CC1. The second-order valence-electron chi connectivity index (χ2n) is 6.83. The van der Waals surface area contributed by atoms with Crippen LogP contribution in [0.3, 0.4) is 0 Å². The van der Waals surface area contributed by atoms with Gasteiger partial charge in [-0.25, -0.2) is 4.98 Å². The van der Waals surface area contributed by atoms with Crippen molar-refractivity contribution in [1.82, 2.24) is 19.7 Å². The summed E-state index contributed by atoms with van der Waals surface area (Å²) in [7, 11) is 0. The molecule has 1 aliphatic heterocycles. The highest BCUT2D eigenvalue weighted by Crippen LogP contribution is 2.19. The lowest BCUT2D eigenvalue weighted by molar-refractivity contribution is 0.0746. The molecular formula is C21H23N5O. The summed E-state index contributed by atoms with van der Waals surface area (Å²) in [5.41, 5.74) is 2.98. The fourth-order valence-electron chi connectivity index (χ4n) is 3.50. The quantitative estimate of drug-likeness (QED) is 0.717. The molecule has 0 N–H and O–H groups in total. The predicted molar refractivity (Wildman–Crippen MR) is 105 cm³/mol. The molecule has 1 amide bonds. The molecular weight excluding hydrogens is 338 g/mol. The first-order valence-corrected chi connectivity index (χ1v) is 9.23. The Morgan fingerprint density at radius 2 is 1.89 bits per heavy atom. The fraction of sp³-hybridized carbons (Fsp3) is 0.286. The zero-order valence-electron chi connectivity index (χ0n) is 15.5. The van der Waals surface area contributed by atoms with Gasteiger partial charge in [-0.05, 0) is 42.3 Å². The van der Waals surface area contributed by atoms with Crippen LogP contribution in [0.15, 0.2) is 61.1 Å². The Labute approximate surface area is 159 Å². The van der Waals surface area contributed by atoms with Crippen LogP contribution in [0.4, 0.5) is 5.82 Å². The third kappa shape index (κ3) is 3.84. The minimum atomic E-state index is 0.0923. The number of anilines is 1. The average molecular weight is 361 g/mol. The summed E-state index contributed by atoms with van der Waals surface area (Å²) in [5.74, 6) is 1.11. The first kappa shape index (κ1) is 17.3. The number of aromatic nitrogens is 3. The zero-order valence-corrected chi connectivity index (χ0v) is 15.5.